The van der Waals surface area contributed by atoms with Crippen molar-refractivity contribution in [2.45, 2.75) is 332 Å². The number of β-amino-alcohol motifs (C(OH)–C–C–N with tert-alkyl or cyclic N) is 1. The van der Waals surface area contributed by atoms with E-state index in [9.17, 15) is 84.2 Å². The van der Waals surface area contributed by atoms with E-state index in [0.717, 1.165) is 55.3 Å². The fourth-order valence-electron chi connectivity index (χ4n) is 18.9. The second-order valence-electron chi connectivity index (χ2n) is 33.4. The maximum Gasteiger partial charge on any atom is 0.472 e. The highest BCUT2D eigenvalue weighted by Gasteiger charge is 2.59. The number of amides is 5. The molecule has 4 aliphatic carbocycles. The van der Waals surface area contributed by atoms with Crippen LogP contribution in [0.1, 0.15) is 240 Å². The average Bonchev–Trinajstić information content (AvgIpc) is 1.41. The van der Waals surface area contributed by atoms with Crippen molar-refractivity contribution in [1.29, 1.82) is 0 Å². The Labute approximate surface area is 639 Å². The van der Waals surface area contributed by atoms with Crippen molar-refractivity contribution in [3.8, 4) is 0 Å². The number of allylic oxidation sites excluding steroid dienone is 1. The van der Waals surface area contributed by atoms with E-state index in [4.69, 9.17) is 32.7 Å². The van der Waals surface area contributed by atoms with E-state index in [0.29, 0.717) is 121 Å². The number of nitrogens with one attached hydrogen (secondary N) is 3. The number of hydrogen-bond donors (Lipinski definition) is 13. The summed E-state index contributed by atoms with van der Waals surface area (Å²) < 4.78 is 52.0. The van der Waals surface area contributed by atoms with Crippen molar-refractivity contribution in [3.63, 3.8) is 0 Å². The molecule has 4 saturated heterocycles. The second-order valence-corrected chi connectivity index (χ2v) is 34.8. The van der Waals surface area contributed by atoms with E-state index in [-0.39, 0.29) is 119 Å². The van der Waals surface area contributed by atoms with Crippen LogP contribution in [-0.2, 0) is 61.3 Å². The predicted molar refractivity (Wildman–Crippen MR) is 396 cm³/mol. The summed E-state index contributed by atoms with van der Waals surface area (Å²) in [5, 5.41) is 98.7. The number of likely N-dealkylation sites (tertiary alicyclic amines) is 2. The van der Waals surface area contributed by atoms with Gasteiger partial charge in [0.2, 0.25) is 23.6 Å². The first kappa shape index (κ1) is 89.7. The molecule has 5 amide bonds. The molecule has 0 spiro atoms. The number of nitrogens with zero attached hydrogens (tertiary/aromatic N) is 2. The molecular formula is C78H134N5O24P. The van der Waals surface area contributed by atoms with Crippen LogP contribution < -0.4 is 16.0 Å². The van der Waals surface area contributed by atoms with Crippen LogP contribution in [0.4, 0.5) is 4.79 Å². The van der Waals surface area contributed by atoms with Gasteiger partial charge in [-0.05, 0) is 175 Å². The van der Waals surface area contributed by atoms with E-state index in [1.165, 1.54) is 55.4 Å². The highest BCUT2D eigenvalue weighted by Crippen LogP contribution is 2.67. The molecule has 0 aromatic rings. The van der Waals surface area contributed by atoms with Crippen LogP contribution >= 0.6 is 7.82 Å². The van der Waals surface area contributed by atoms with Gasteiger partial charge in [-0.3, -0.25) is 33.0 Å². The quantitative estimate of drug-likeness (QED) is 0.0188. The Bertz CT molecular complexity index is 2900. The van der Waals surface area contributed by atoms with Crippen molar-refractivity contribution in [2.24, 2.45) is 46.3 Å². The minimum atomic E-state index is -4.65. The Morgan fingerprint density at radius 2 is 1.23 bits per heavy atom. The molecule has 108 heavy (non-hydrogen) atoms. The van der Waals surface area contributed by atoms with Gasteiger partial charge in [-0.2, -0.15) is 0 Å². The van der Waals surface area contributed by atoms with Gasteiger partial charge in [0, 0.05) is 84.5 Å². The van der Waals surface area contributed by atoms with Crippen LogP contribution in [0.15, 0.2) is 11.6 Å². The number of aliphatic hydroxyl groups is 9. The van der Waals surface area contributed by atoms with Crippen LogP contribution in [-0.4, -0.2) is 254 Å². The SMILES string of the molecule is CC(C)CCC[C@@H](C)C1CCC2C3CC=C4CC(OC(=O)NCCCCCC(=O)N5CC[C@@H](OP(=O)(O)OCC6C[C@@H](O)CN6C(=O)CCCCCCC(=O)[C@H](CCCCNC(=O)CCCCOC6OC(CO)C(O)C(O)C6O)NC(=O)CCCCOC6OC(CO)C(O)C(O)C6O)C5)CC[C@]4(C)C3CC[C@@]21C. The molecule has 0 aromatic carbocycles. The molecule has 8 aliphatic rings. The number of fused-ring (bicyclic) bond motifs is 5. The number of hydrogen-bond acceptors (Lipinski definition) is 23. The number of unbranched alkanes of at least 4 members (excludes halogenated alkanes) is 8. The van der Waals surface area contributed by atoms with E-state index >= 15 is 0 Å². The monoisotopic (exact) mass is 1560 g/mol. The highest BCUT2D eigenvalue weighted by atomic mass is 31.2. The lowest BCUT2D eigenvalue weighted by Gasteiger charge is -2.58. The zero-order chi connectivity index (χ0) is 78.3. The van der Waals surface area contributed by atoms with Gasteiger partial charge in [0.25, 0.3) is 0 Å². The number of ketones is 1. The molecule has 29 nitrogen and oxygen atoms in total. The molecule has 3 saturated carbocycles. The van der Waals surface area contributed by atoms with Crippen LogP contribution in [0.5, 0.6) is 0 Å². The number of rotatable bonds is 45. The third-order valence-corrected chi connectivity index (χ3v) is 26.2. The van der Waals surface area contributed by atoms with Crippen LogP contribution in [0.3, 0.4) is 0 Å². The van der Waals surface area contributed by atoms with Crippen molar-refractivity contribution in [3.05, 3.63) is 11.6 Å². The summed E-state index contributed by atoms with van der Waals surface area (Å²) in [5.74, 6) is 3.47. The number of aliphatic hydroxyl groups excluding tert-OH is 9. The van der Waals surface area contributed by atoms with Crippen molar-refractivity contribution >= 4 is 43.3 Å². The van der Waals surface area contributed by atoms with Gasteiger partial charge in [0.05, 0.1) is 44.1 Å². The van der Waals surface area contributed by atoms with Crippen molar-refractivity contribution in [1.82, 2.24) is 25.8 Å². The maximum atomic E-state index is 13.7. The molecule has 0 aromatic heterocycles. The molecule has 17 unspecified atom stereocenters. The molecule has 30 heteroatoms. The number of phosphoric ester groups is 1. The fraction of sp³-hybridized carbons (Fsp3) is 0.897. The third-order valence-electron chi connectivity index (χ3n) is 25.2. The normalized spacial score (nSPS) is 33.7. The van der Waals surface area contributed by atoms with E-state index in [1.54, 1.807) is 4.90 Å². The van der Waals surface area contributed by atoms with Crippen LogP contribution in [0.25, 0.3) is 0 Å². The van der Waals surface area contributed by atoms with Gasteiger partial charge in [-0.1, -0.05) is 84.8 Å². The summed E-state index contributed by atoms with van der Waals surface area (Å²) in [4.78, 5) is 93.2. The third kappa shape index (κ3) is 25.6. The smallest absolute Gasteiger partial charge is 0.446 e. The highest BCUT2D eigenvalue weighted by molar-refractivity contribution is 7.47. The van der Waals surface area contributed by atoms with E-state index in [2.05, 4.69) is 56.6 Å². The number of Topliss-reactive ketones (excluding diaryl/α,β-unsaturated/α-hetero) is 1. The zero-order valence-corrected chi connectivity index (χ0v) is 65.8. The lowest BCUT2D eigenvalue weighted by atomic mass is 9.47. The predicted octanol–water partition coefficient (Wildman–Crippen LogP) is 6.03. The van der Waals surface area contributed by atoms with E-state index in [1.807, 2.05) is 0 Å². The molecule has 23 atom stereocenters. The van der Waals surface area contributed by atoms with Gasteiger partial charge in [0.15, 0.2) is 18.4 Å². The van der Waals surface area contributed by atoms with Crippen molar-refractivity contribution in [2.75, 3.05) is 65.8 Å². The minimum absolute atomic E-state index is 0.0129. The molecule has 7 fully saturated rings. The maximum absolute atomic E-state index is 13.7. The largest absolute Gasteiger partial charge is 0.472 e. The Morgan fingerprint density at radius 3 is 1.89 bits per heavy atom. The van der Waals surface area contributed by atoms with Gasteiger partial charge in [0.1, 0.15) is 54.9 Å². The molecule has 4 aliphatic heterocycles. The molecule has 620 valence electrons. The summed E-state index contributed by atoms with van der Waals surface area (Å²) in [6, 6.07) is -1.52. The summed E-state index contributed by atoms with van der Waals surface area (Å²) in [7, 11) is -4.65. The molecule has 4 heterocycles. The number of alkyl carbamates (subject to hydrolysis) is 1. The molecular weight excluding hydrogens is 1420 g/mol. The van der Waals surface area contributed by atoms with Crippen molar-refractivity contribution < 1.29 is 117 Å². The summed E-state index contributed by atoms with van der Waals surface area (Å²) in [5.41, 5.74) is 2.11. The summed E-state index contributed by atoms with van der Waals surface area (Å²) in [6.07, 6.45) is 7.57. The Kier molecular flexibility index (Phi) is 36.2. The number of carbonyl (C=O) groups excluding carboxylic acids is 6. The Morgan fingerprint density at radius 1 is 0.620 bits per heavy atom. The molecule has 13 N–H and O–H groups in total. The second kappa shape index (κ2) is 43.6. The van der Waals surface area contributed by atoms with E-state index < -0.39 is 113 Å². The summed E-state index contributed by atoms with van der Waals surface area (Å²) in [6.45, 7) is 12.1. The van der Waals surface area contributed by atoms with Gasteiger partial charge >= 0.3 is 13.9 Å². The molecule has 8 rings (SSSR count). The molecule has 0 radical (unpaired) electrons. The number of phosphoric acid groups is 1. The Hall–Kier alpha value is -3.85. The van der Waals surface area contributed by atoms with Gasteiger partial charge in [-0.15, -0.1) is 0 Å². The van der Waals surface area contributed by atoms with Crippen LogP contribution in [0, 0.1) is 46.3 Å². The van der Waals surface area contributed by atoms with Crippen LogP contribution in [0.2, 0.25) is 0 Å². The number of carbonyl (C=O) groups is 6. The topological polar surface area (TPSA) is 429 Å². The average molecular weight is 1560 g/mol. The Balaban J connectivity index is 0.670. The zero-order valence-electron chi connectivity index (χ0n) is 64.9. The number of ether oxygens (including phenoxy) is 5. The van der Waals surface area contributed by atoms with Gasteiger partial charge in [-0.25, -0.2) is 9.36 Å². The first-order chi connectivity index (χ1) is 51.6. The first-order valence-electron chi connectivity index (χ1n) is 41.0. The fourth-order valence-corrected chi connectivity index (χ4v) is 19.8. The lowest BCUT2D eigenvalue weighted by molar-refractivity contribution is -0.301. The van der Waals surface area contributed by atoms with Gasteiger partial charge < -0.3 is 100 Å². The molecule has 0 bridgehead atoms. The first-order valence-corrected chi connectivity index (χ1v) is 42.5. The lowest BCUT2D eigenvalue weighted by Crippen LogP contribution is -2.59. The summed E-state index contributed by atoms with van der Waals surface area (Å²) >= 11 is 0. The minimum Gasteiger partial charge on any atom is -0.446 e. The standard InChI is InChI=1S/C78H134N5O24P/c1-49(2)20-19-21-50(3)57-30-31-58-56-29-28-51-42-54(32-35-77(51,4)59(56)33-36-78(57,58)5)104-76(98)80-38-15-8-11-26-66(90)82-39-34-55(45-82)107-108(99,100)103-48-52-43-53(86)44-83(52)67(91)27-10-7-6-9-23-61(87)60(81-65(89)25-14-18-41-102-75-73(97)71(95)69(93)63(47-85)106-75)22-12-16-37-79-64(88)24-13-17-40-101-74-72(96)70(94)68(92)62(46-84)105-74/h28,49-50,52-60,62-63,68-75,84-86,92-97H,6-27,29-48H2,1-5H3,(H,79,88)(H,80,98)(H,81,89)(H,99,100)/t50-,52?,53-,54?,55-,56?,57?,58?,59?,60+,62?,63?,68?,69?,70?,71?,72?,73?,74?,75?,77+,78-/m1/s1.